The van der Waals surface area contributed by atoms with Gasteiger partial charge in [-0.3, -0.25) is 4.79 Å². The Kier molecular flexibility index (Phi) is 10.1. The van der Waals surface area contributed by atoms with E-state index in [1.54, 1.807) is 54.6 Å². The van der Waals surface area contributed by atoms with Crippen molar-refractivity contribution in [3.05, 3.63) is 141 Å². The average molecular weight is 648 g/mol. The largest absolute Gasteiger partial charge is 0.506 e. The zero-order valence-corrected chi connectivity index (χ0v) is 24.9. The van der Waals surface area contributed by atoms with Crippen LogP contribution in [0.4, 0.5) is 18.0 Å². The number of aromatic nitrogens is 1. The van der Waals surface area contributed by atoms with Crippen molar-refractivity contribution in [1.82, 2.24) is 15.6 Å². The first-order valence-corrected chi connectivity index (χ1v) is 14.7. The highest BCUT2D eigenvalue weighted by atomic mass is 19.4. The summed E-state index contributed by atoms with van der Waals surface area (Å²) in [6.07, 6.45) is -6.84. The number of ether oxygens (including phenoxy) is 1. The molecule has 5 rings (SSSR count). The van der Waals surface area contributed by atoms with Gasteiger partial charge in [0.05, 0.1) is 23.2 Å². The molecule has 0 spiro atoms. The number of hydrogen-bond acceptors (Lipinski definition) is 6. The lowest BCUT2D eigenvalue weighted by Gasteiger charge is -2.19. The SMILES string of the molecule is O=C(O)NC(c1ccccc1)c1cccc(OCc2ccc(CCNCC(O)c3ccc(O)c4[nH]c(=O)ccc34)c(C(F)(F)F)c2)c1. The van der Waals surface area contributed by atoms with Crippen LogP contribution in [0.15, 0.2) is 102 Å². The summed E-state index contributed by atoms with van der Waals surface area (Å²) in [6, 6.07) is 24.7. The molecule has 1 amide bonds. The number of carboxylic acid groups (broad SMARTS) is 1. The Morgan fingerprint density at radius 2 is 1.68 bits per heavy atom. The Balaban J connectivity index is 1.23. The molecule has 1 heterocycles. The second kappa shape index (κ2) is 14.4. The minimum absolute atomic E-state index is 0.0262. The fraction of sp³-hybridized carbons (Fsp3) is 0.200. The van der Waals surface area contributed by atoms with E-state index in [4.69, 9.17) is 4.74 Å². The Hall–Kier alpha value is -5.33. The number of nitrogens with one attached hydrogen (secondary N) is 3. The lowest BCUT2D eigenvalue weighted by molar-refractivity contribution is -0.138. The third-order valence-corrected chi connectivity index (χ3v) is 7.65. The van der Waals surface area contributed by atoms with Gasteiger partial charge in [-0.15, -0.1) is 0 Å². The fourth-order valence-electron chi connectivity index (χ4n) is 5.40. The van der Waals surface area contributed by atoms with Gasteiger partial charge in [-0.2, -0.15) is 13.2 Å². The maximum absolute atomic E-state index is 14.1. The van der Waals surface area contributed by atoms with Crippen molar-refractivity contribution < 1.29 is 38.0 Å². The van der Waals surface area contributed by atoms with Crippen LogP contribution in [0.1, 0.15) is 45.5 Å². The van der Waals surface area contributed by atoms with E-state index in [1.165, 1.54) is 30.3 Å². The number of H-pyrrole nitrogens is 1. The molecule has 12 heteroatoms. The van der Waals surface area contributed by atoms with E-state index >= 15 is 0 Å². The van der Waals surface area contributed by atoms with E-state index in [0.29, 0.717) is 33.4 Å². The molecule has 4 aromatic carbocycles. The highest BCUT2D eigenvalue weighted by Crippen LogP contribution is 2.34. The average Bonchev–Trinajstić information content (AvgIpc) is 3.05. The Morgan fingerprint density at radius 1 is 0.915 bits per heavy atom. The van der Waals surface area contributed by atoms with Crippen molar-refractivity contribution in [1.29, 1.82) is 0 Å². The van der Waals surface area contributed by atoms with Crippen LogP contribution in [0.2, 0.25) is 0 Å². The molecule has 0 saturated carbocycles. The zero-order chi connectivity index (χ0) is 33.6. The summed E-state index contributed by atoms with van der Waals surface area (Å²) in [7, 11) is 0. The molecular formula is C35H32F3N3O6. The lowest BCUT2D eigenvalue weighted by Crippen LogP contribution is -2.27. The number of phenolic OH excluding ortho intramolecular Hbond substituents is 1. The number of benzene rings is 4. The van der Waals surface area contributed by atoms with Crippen LogP contribution in [0, 0.1) is 0 Å². The second-order valence-corrected chi connectivity index (χ2v) is 10.9. The van der Waals surface area contributed by atoms with Crippen molar-refractivity contribution in [2.24, 2.45) is 0 Å². The van der Waals surface area contributed by atoms with Crippen LogP contribution in [-0.4, -0.2) is 39.5 Å². The van der Waals surface area contributed by atoms with E-state index in [9.17, 15) is 38.1 Å². The first kappa shape index (κ1) is 33.0. The molecular weight excluding hydrogens is 615 g/mol. The monoisotopic (exact) mass is 647 g/mol. The third-order valence-electron chi connectivity index (χ3n) is 7.65. The minimum atomic E-state index is -4.61. The maximum Gasteiger partial charge on any atom is 0.416 e. The molecule has 47 heavy (non-hydrogen) atoms. The number of fused-ring (bicyclic) bond motifs is 1. The van der Waals surface area contributed by atoms with E-state index in [2.05, 4.69) is 15.6 Å². The van der Waals surface area contributed by atoms with Gasteiger partial charge in [-0.25, -0.2) is 4.79 Å². The van der Waals surface area contributed by atoms with Gasteiger partial charge in [0.1, 0.15) is 18.1 Å². The lowest BCUT2D eigenvalue weighted by atomic mass is 9.98. The molecule has 9 nitrogen and oxygen atoms in total. The summed E-state index contributed by atoms with van der Waals surface area (Å²) in [5.74, 6) is 0.220. The molecule has 0 aliphatic heterocycles. The summed E-state index contributed by atoms with van der Waals surface area (Å²) in [6.45, 7) is 0.0203. The van der Waals surface area contributed by atoms with Crippen LogP contribution in [-0.2, 0) is 19.2 Å². The van der Waals surface area contributed by atoms with Gasteiger partial charge < -0.3 is 35.7 Å². The molecule has 6 N–H and O–H groups in total. The third kappa shape index (κ3) is 8.29. The first-order valence-electron chi connectivity index (χ1n) is 14.7. The molecule has 0 bridgehead atoms. The number of alkyl halides is 3. The molecule has 5 aromatic rings. The van der Waals surface area contributed by atoms with Crippen LogP contribution in [0.3, 0.4) is 0 Å². The molecule has 0 radical (unpaired) electrons. The van der Waals surface area contributed by atoms with Gasteiger partial charge in [0.2, 0.25) is 5.56 Å². The molecule has 2 unspecified atom stereocenters. The summed E-state index contributed by atoms with van der Waals surface area (Å²) in [5.41, 5.74) is 1.12. The van der Waals surface area contributed by atoms with Crippen molar-refractivity contribution in [3.63, 3.8) is 0 Å². The smallest absolute Gasteiger partial charge is 0.416 e. The summed E-state index contributed by atoms with van der Waals surface area (Å²) < 4.78 is 48.0. The fourth-order valence-corrected chi connectivity index (χ4v) is 5.40. The van der Waals surface area contributed by atoms with Gasteiger partial charge in [0.15, 0.2) is 0 Å². The summed E-state index contributed by atoms with van der Waals surface area (Å²) in [5, 5.41) is 36.1. The molecule has 0 fully saturated rings. The molecule has 1 aromatic heterocycles. The number of rotatable bonds is 12. The van der Waals surface area contributed by atoms with Gasteiger partial charge in [0, 0.05) is 18.0 Å². The van der Waals surface area contributed by atoms with Gasteiger partial charge in [0.25, 0.3) is 0 Å². The molecule has 0 aliphatic carbocycles. The van der Waals surface area contributed by atoms with E-state index in [0.717, 1.165) is 6.07 Å². The highest BCUT2D eigenvalue weighted by Gasteiger charge is 2.33. The number of carbonyl (C=O) groups is 1. The van der Waals surface area contributed by atoms with Crippen molar-refractivity contribution in [3.8, 4) is 11.5 Å². The van der Waals surface area contributed by atoms with Gasteiger partial charge in [-0.05, 0) is 71.1 Å². The predicted molar refractivity (Wildman–Crippen MR) is 169 cm³/mol. The zero-order valence-electron chi connectivity index (χ0n) is 24.9. The number of aliphatic hydroxyl groups is 1. The number of halogens is 3. The predicted octanol–water partition coefficient (Wildman–Crippen LogP) is 6.05. The van der Waals surface area contributed by atoms with E-state index < -0.39 is 35.5 Å². The number of aliphatic hydroxyl groups excluding tert-OH is 1. The number of pyridine rings is 1. The topological polar surface area (TPSA) is 144 Å². The normalized spacial score (nSPS) is 12.9. The minimum Gasteiger partial charge on any atom is -0.506 e. The van der Waals surface area contributed by atoms with Crippen LogP contribution in [0.5, 0.6) is 11.5 Å². The number of phenols is 1. The van der Waals surface area contributed by atoms with Gasteiger partial charge in [-0.1, -0.05) is 60.7 Å². The summed E-state index contributed by atoms with van der Waals surface area (Å²) in [4.78, 5) is 25.6. The molecule has 2 atom stereocenters. The number of aromatic hydroxyl groups is 1. The van der Waals surface area contributed by atoms with Crippen LogP contribution >= 0.6 is 0 Å². The van der Waals surface area contributed by atoms with Crippen LogP contribution < -0.4 is 20.9 Å². The Labute approximate surface area is 267 Å². The van der Waals surface area contributed by atoms with Crippen molar-refractivity contribution in [2.75, 3.05) is 13.1 Å². The van der Waals surface area contributed by atoms with E-state index in [1.807, 2.05) is 6.07 Å². The molecule has 0 saturated heterocycles. The second-order valence-electron chi connectivity index (χ2n) is 10.9. The Morgan fingerprint density at radius 3 is 2.43 bits per heavy atom. The quantitative estimate of drug-likeness (QED) is 0.0905. The number of amides is 1. The highest BCUT2D eigenvalue weighted by molar-refractivity contribution is 5.87. The standard InChI is InChI=1S/C35H32F3N3O6/c36-35(37,38)28-17-21(20-47-25-8-4-7-24(18-25)32(41-34(45)46)23-5-2-1-3-6-23)9-10-22(28)15-16-39-19-30(43)26-11-13-29(42)33-27(26)12-14-31(44)40-33/h1-14,17-18,30,32,39,41-43H,15-16,19-20H2,(H,40,44)(H,45,46). The summed E-state index contributed by atoms with van der Waals surface area (Å²) >= 11 is 0. The molecule has 244 valence electrons. The Bertz CT molecular complexity index is 1910. The molecule has 0 aliphatic rings. The van der Waals surface area contributed by atoms with Crippen molar-refractivity contribution in [2.45, 2.75) is 31.3 Å². The van der Waals surface area contributed by atoms with E-state index in [-0.39, 0.29) is 42.9 Å². The van der Waals surface area contributed by atoms with Crippen LogP contribution in [0.25, 0.3) is 10.9 Å². The first-order chi connectivity index (χ1) is 22.5. The number of aromatic amines is 1. The number of hydrogen-bond donors (Lipinski definition) is 6. The maximum atomic E-state index is 14.1. The van der Waals surface area contributed by atoms with Crippen molar-refractivity contribution >= 4 is 17.0 Å². The van der Waals surface area contributed by atoms with Gasteiger partial charge >= 0.3 is 12.3 Å².